The van der Waals surface area contributed by atoms with E-state index in [1.54, 1.807) is 17.1 Å². The predicted octanol–water partition coefficient (Wildman–Crippen LogP) is 3.27. The van der Waals surface area contributed by atoms with E-state index in [2.05, 4.69) is 27.5 Å². The second-order valence-electron chi connectivity index (χ2n) is 9.67. The lowest BCUT2D eigenvalue weighted by atomic mass is 10.00. The number of hydrogen-bond acceptors (Lipinski definition) is 7. The monoisotopic (exact) mass is 478 g/mol. The van der Waals surface area contributed by atoms with Crippen molar-refractivity contribution in [3.8, 4) is 0 Å². The maximum absolute atomic E-state index is 12.2. The molecule has 3 aromatic heterocycles. The molecule has 1 unspecified atom stereocenters. The van der Waals surface area contributed by atoms with Crippen LogP contribution in [0.1, 0.15) is 54.2 Å². The quantitative estimate of drug-likeness (QED) is 0.428. The van der Waals surface area contributed by atoms with E-state index in [0.717, 1.165) is 66.8 Å². The molecule has 1 saturated heterocycles. The van der Waals surface area contributed by atoms with Gasteiger partial charge in [0.25, 0.3) is 0 Å². The van der Waals surface area contributed by atoms with E-state index in [1.807, 2.05) is 18.9 Å². The van der Waals surface area contributed by atoms with Gasteiger partial charge in [0.15, 0.2) is 0 Å². The van der Waals surface area contributed by atoms with Crippen molar-refractivity contribution in [2.45, 2.75) is 57.6 Å². The van der Waals surface area contributed by atoms with Gasteiger partial charge in [-0.3, -0.25) is 19.4 Å². The highest BCUT2D eigenvalue weighted by Crippen LogP contribution is 2.32. The SMILES string of the molecule is Cc1nn(C)c2c(C(C(=O)O)N3CC(OCCCCCc4ccc5c(n4)NCCC5)C3)cncc12. The van der Waals surface area contributed by atoms with Gasteiger partial charge in [-0.05, 0) is 50.7 Å². The summed E-state index contributed by atoms with van der Waals surface area (Å²) in [6.45, 7) is 4.85. The summed E-state index contributed by atoms with van der Waals surface area (Å²) in [4.78, 5) is 23.2. The highest BCUT2D eigenvalue weighted by Gasteiger charge is 2.39. The number of carbonyl (C=O) groups is 1. The number of carboxylic acid groups (broad SMARTS) is 1. The van der Waals surface area contributed by atoms with Crippen LogP contribution in [0.5, 0.6) is 0 Å². The summed E-state index contributed by atoms with van der Waals surface area (Å²) in [7, 11) is 1.85. The standard InChI is InChI=1S/C26H34N6O3/c1-17-21-13-27-14-22(23(21)31(2)30-17)24(26(33)34)32-15-20(16-32)35-12-5-3-4-8-19-10-9-18-7-6-11-28-25(18)29-19/h9-10,13-14,20,24H,3-8,11-12,15-16H2,1-2H3,(H,28,29)(H,33,34). The van der Waals surface area contributed by atoms with Gasteiger partial charge >= 0.3 is 5.97 Å². The molecule has 9 heteroatoms. The summed E-state index contributed by atoms with van der Waals surface area (Å²) in [6, 6.07) is 3.62. The van der Waals surface area contributed by atoms with Gasteiger partial charge in [-0.25, -0.2) is 4.98 Å². The lowest BCUT2D eigenvalue weighted by Gasteiger charge is -2.42. The zero-order valence-electron chi connectivity index (χ0n) is 20.5. The number of pyridine rings is 2. The molecule has 1 fully saturated rings. The third-order valence-corrected chi connectivity index (χ3v) is 7.11. The van der Waals surface area contributed by atoms with Crippen molar-refractivity contribution in [1.82, 2.24) is 24.6 Å². The van der Waals surface area contributed by atoms with E-state index in [1.165, 1.54) is 12.0 Å². The topological polar surface area (TPSA) is 105 Å². The van der Waals surface area contributed by atoms with Crippen molar-refractivity contribution in [2.75, 3.05) is 31.6 Å². The molecule has 5 rings (SSSR count). The van der Waals surface area contributed by atoms with Crippen LogP contribution < -0.4 is 5.32 Å². The number of nitrogens with zero attached hydrogens (tertiary/aromatic N) is 5. The van der Waals surface area contributed by atoms with Crippen LogP contribution in [-0.4, -0.2) is 68.1 Å². The Morgan fingerprint density at radius 1 is 1.26 bits per heavy atom. The number of carboxylic acids is 1. The average molecular weight is 479 g/mol. The Morgan fingerprint density at radius 2 is 2.11 bits per heavy atom. The Bertz CT molecular complexity index is 1200. The van der Waals surface area contributed by atoms with Gasteiger partial charge in [0.1, 0.15) is 11.9 Å². The molecule has 0 saturated carbocycles. The van der Waals surface area contributed by atoms with E-state index in [0.29, 0.717) is 25.3 Å². The number of likely N-dealkylation sites (tertiary alicyclic amines) is 1. The number of aliphatic carboxylic acids is 1. The first-order valence-corrected chi connectivity index (χ1v) is 12.6. The summed E-state index contributed by atoms with van der Waals surface area (Å²) in [5, 5.41) is 18.7. The van der Waals surface area contributed by atoms with Crippen LogP contribution in [0.15, 0.2) is 24.5 Å². The van der Waals surface area contributed by atoms with Gasteiger partial charge in [-0.1, -0.05) is 12.5 Å². The number of anilines is 1. The number of aromatic nitrogens is 4. The second-order valence-corrected chi connectivity index (χ2v) is 9.67. The third-order valence-electron chi connectivity index (χ3n) is 7.11. The van der Waals surface area contributed by atoms with Crippen LogP contribution in [0.4, 0.5) is 5.82 Å². The van der Waals surface area contributed by atoms with E-state index in [9.17, 15) is 9.90 Å². The minimum absolute atomic E-state index is 0.0747. The van der Waals surface area contributed by atoms with Crippen LogP contribution >= 0.6 is 0 Å². The fourth-order valence-electron chi connectivity index (χ4n) is 5.24. The van der Waals surface area contributed by atoms with Crippen LogP contribution in [-0.2, 0) is 29.4 Å². The first-order chi connectivity index (χ1) is 17.0. The molecule has 0 radical (unpaired) electrons. The zero-order chi connectivity index (χ0) is 24.4. The molecule has 186 valence electrons. The summed E-state index contributed by atoms with van der Waals surface area (Å²) in [5.41, 5.74) is 4.85. The molecule has 35 heavy (non-hydrogen) atoms. The minimum atomic E-state index is -0.873. The molecule has 2 aliphatic heterocycles. The first kappa shape index (κ1) is 23.7. The summed E-state index contributed by atoms with van der Waals surface area (Å²) in [5.74, 6) is 0.194. The van der Waals surface area contributed by atoms with Gasteiger partial charge in [0.2, 0.25) is 0 Å². The smallest absolute Gasteiger partial charge is 0.325 e. The highest BCUT2D eigenvalue weighted by atomic mass is 16.5. The molecule has 3 aromatic rings. The van der Waals surface area contributed by atoms with E-state index < -0.39 is 12.0 Å². The molecule has 1 atom stereocenters. The van der Waals surface area contributed by atoms with Crippen molar-refractivity contribution in [1.29, 1.82) is 0 Å². The fourth-order valence-corrected chi connectivity index (χ4v) is 5.24. The molecule has 0 bridgehead atoms. The van der Waals surface area contributed by atoms with E-state index in [4.69, 9.17) is 9.72 Å². The molecular weight excluding hydrogens is 444 g/mol. The molecule has 0 aromatic carbocycles. The first-order valence-electron chi connectivity index (χ1n) is 12.6. The van der Waals surface area contributed by atoms with Crippen LogP contribution in [0.2, 0.25) is 0 Å². The molecule has 0 spiro atoms. The Balaban J connectivity index is 1.06. The summed E-state index contributed by atoms with van der Waals surface area (Å²) >= 11 is 0. The van der Waals surface area contributed by atoms with Gasteiger partial charge in [-0.15, -0.1) is 0 Å². The highest BCUT2D eigenvalue weighted by molar-refractivity contribution is 5.89. The third kappa shape index (κ3) is 5.01. The molecule has 9 nitrogen and oxygen atoms in total. The van der Waals surface area contributed by atoms with Crippen molar-refractivity contribution < 1.29 is 14.6 Å². The van der Waals surface area contributed by atoms with E-state index >= 15 is 0 Å². The lowest BCUT2D eigenvalue weighted by molar-refractivity contribution is -0.150. The number of rotatable bonds is 10. The molecule has 2 N–H and O–H groups in total. The Kier molecular flexibility index (Phi) is 6.97. The second kappa shape index (κ2) is 10.3. The summed E-state index contributed by atoms with van der Waals surface area (Å²) in [6.07, 6.45) is 9.95. The number of aryl methyl sites for hydroxylation is 4. The molecular formula is C26H34N6O3. The Labute approximate surface area is 205 Å². The number of unbranched alkanes of at least 4 members (excludes halogenated alkanes) is 2. The minimum Gasteiger partial charge on any atom is -0.480 e. The molecule has 5 heterocycles. The maximum atomic E-state index is 12.2. The molecule has 2 aliphatic rings. The maximum Gasteiger partial charge on any atom is 0.325 e. The van der Waals surface area contributed by atoms with Crippen molar-refractivity contribution in [3.05, 3.63) is 47.0 Å². The largest absolute Gasteiger partial charge is 0.480 e. The van der Waals surface area contributed by atoms with Crippen molar-refractivity contribution >= 4 is 22.7 Å². The molecule has 0 aliphatic carbocycles. The van der Waals surface area contributed by atoms with Gasteiger partial charge < -0.3 is 15.2 Å². The van der Waals surface area contributed by atoms with E-state index in [-0.39, 0.29) is 6.10 Å². The van der Waals surface area contributed by atoms with Gasteiger partial charge in [0, 0.05) is 62.3 Å². The van der Waals surface area contributed by atoms with Crippen molar-refractivity contribution in [3.63, 3.8) is 0 Å². The predicted molar refractivity (Wildman–Crippen MR) is 134 cm³/mol. The summed E-state index contributed by atoms with van der Waals surface area (Å²) < 4.78 is 7.77. The van der Waals surface area contributed by atoms with Gasteiger partial charge in [0.05, 0.1) is 17.3 Å². The lowest BCUT2D eigenvalue weighted by Crippen LogP contribution is -2.55. The van der Waals surface area contributed by atoms with Gasteiger partial charge in [-0.2, -0.15) is 5.10 Å². The molecule has 0 amide bonds. The zero-order valence-corrected chi connectivity index (χ0v) is 20.5. The Hall–Kier alpha value is -3.04. The fraction of sp³-hybridized carbons (Fsp3) is 0.538. The normalized spacial score (nSPS) is 17.1. The van der Waals surface area contributed by atoms with Crippen LogP contribution in [0.3, 0.4) is 0 Å². The number of ether oxygens (including phenoxy) is 1. The Morgan fingerprint density at radius 3 is 2.94 bits per heavy atom. The number of fused-ring (bicyclic) bond motifs is 2. The van der Waals surface area contributed by atoms with Crippen molar-refractivity contribution in [2.24, 2.45) is 7.05 Å². The van der Waals surface area contributed by atoms with Crippen LogP contribution in [0, 0.1) is 6.92 Å². The number of hydrogen-bond donors (Lipinski definition) is 2. The van der Waals surface area contributed by atoms with Crippen LogP contribution in [0.25, 0.3) is 10.9 Å². The average Bonchev–Trinajstić information content (AvgIpc) is 3.12. The number of nitrogens with one attached hydrogen (secondary N) is 1.